The zero-order chi connectivity index (χ0) is 12.3. The van der Waals surface area contributed by atoms with Crippen LogP contribution in [0.2, 0.25) is 0 Å². The molecule has 1 aromatic rings. The zero-order valence-electron chi connectivity index (χ0n) is 10.4. The number of carbonyl (C=O) groups is 1. The number of likely N-dealkylation sites (N-methyl/N-ethyl adjacent to an activating group) is 1. The summed E-state index contributed by atoms with van der Waals surface area (Å²) in [6.07, 6.45) is 1.03. The van der Waals surface area contributed by atoms with Gasteiger partial charge in [-0.15, -0.1) is 0 Å². The summed E-state index contributed by atoms with van der Waals surface area (Å²) in [5.74, 6) is 0. The Hall–Kier alpha value is -1.71. The van der Waals surface area contributed by atoms with Crippen LogP contribution >= 0.6 is 0 Å². The fourth-order valence-electron chi connectivity index (χ4n) is 2.27. The van der Waals surface area contributed by atoms with Crippen molar-refractivity contribution in [3.8, 4) is 0 Å². The second-order valence-corrected chi connectivity index (χ2v) is 4.39. The Morgan fingerprint density at radius 1 is 1.41 bits per heavy atom. The molecule has 1 unspecified atom stereocenters. The van der Waals surface area contributed by atoms with Gasteiger partial charge in [-0.1, -0.05) is 18.2 Å². The predicted octanol–water partition coefficient (Wildman–Crippen LogP) is 1.54. The number of urea groups is 1. The van der Waals surface area contributed by atoms with E-state index in [9.17, 15) is 4.79 Å². The monoisotopic (exact) mass is 233 g/mol. The molecule has 2 rings (SSSR count). The predicted molar refractivity (Wildman–Crippen MR) is 69.3 cm³/mol. The van der Waals surface area contributed by atoms with Crippen molar-refractivity contribution in [2.45, 2.75) is 12.5 Å². The van der Waals surface area contributed by atoms with E-state index in [-0.39, 0.29) is 6.03 Å². The molecule has 0 radical (unpaired) electrons. The van der Waals surface area contributed by atoms with Crippen LogP contribution in [0.25, 0.3) is 0 Å². The minimum Gasteiger partial charge on any atom is -0.369 e. The lowest BCUT2D eigenvalue weighted by atomic mass is 10.2. The summed E-state index contributed by atoms with van der Waals surface area (Å²) in [5, 5.41) is 2.66. The molecule has 1 aliphatic heterocycles. The third kappa shape index (κ3) is 2.52. The smallest absolute Gasteiger partial charge is 0.317 e. The first-order valence-electron chi connectivity index (χ1n) is 5.97. The minimum absolute atomic E-state index is 0.00934. The Kier molecular flexibility index (Phi) is 3.52. The van der Waals surface area contributed by atoms with Crippen molar-refractivity contribution in [2.75, 3.05) is 32.1 Å². The number of carbonyl (C=O) groups excluding carboxylic acids is 1. The summed E-state index contributed by atoms with van der Waals surface area (Å²) in [4.78, 5) is 15.7. The number of nitrogens with zero attached hydrogens (tertiary/aromatic N) is 2. The first kappa shape index (κ1) is 11.8. The van der Waals surface area contributed by atoms with E-state index in [1.807, 2.05) is 25.2 Å². The maximum atomic E-state index is 11.5. The summed E-state index contributed by atoms with van der Waals surface area (Å²) in [5.41, 5.74) is 1.24. The van der Waals surface area contributed by atoms with Gasteiger partial charge in [0.15, 0.2) is 0 Å². The van der Waals surface area contributed by atoms with Crippen LogP contribution in [0.4, 0.5) is 10.5 Å². The second-order valence-electron chi connectivity index (χ2n) is 4.39. The highest BCUT2D eigenvalue weighted by Gasteiger charge is 2.27. The molecule has 4 heteroatoms. The summed E-state index contributed by atoms with van der Waals surface area (Å²) in [6, 6.07) is 10.6. The molecule has 1 aliphatic rings. The molecule has 17 heavy (non-hydrogen) atoms. The molecule has 0 bridgehead atoms. The SMILES string of the molecule is CNC(=O)N(C)C1CCN(c2ccccc2)C1. The minimum atomic E-state index is -0.00934. The topological polar surface area (TPSA) is 35.6 Å². The van der Waals surface area contributed by atoms with Crippen LogP contribution in [-0.2, 0) is 0 Å². The summed E-state index contributed by atoms with van der Waals surface area (Å²) in [6.45, 7) is 1.92. The van der Waals surface area contributed by atoms with Crippen molar-refractivity contribution in [1.29, 1.82) is 0 Å². The number of nitrogens with one attached hydrogen (secondary N) is 1. The maximum absolute atomic E-state index is 11.5. The van der Waals surface area contributed by atoms with Crippen LogP contribution in [0.15, 0.2) is 30.3 Å². The number of para-hydroxylation sites is 1. The number of rotatable bonds is 2. The standard InChI is InChI=1S/C13H19N3O/c1-14-13(17)15(2)12-8-9-16(10-12)11-6-4-3-5-7-11/h3-7,12H,8-10H2,1-2H3,(H,14,17). The van der Waals surface area contributed by atoms with Crippen LogP contribution < -0.4 is 10.2 Å². The highest BCUT2D eigenvalue weighted by atomic mass is 16.2. The number of hydrogen-bond acceptors (Lipinski definition) is 2. The van der Waals surface area contributed by atoms with Crippen molar-refractivity contribution >= 4 is 11.7 Å². The highest BCUT2D eigenvalue weighted by molar-refractivity contribution is 5.74. The molecule has 1 saturated heterocycles. The van der Waals surface area contributed by atoms with Gasteiger partial charge in [0.25, 0.3) is 0 Å². The third-order valence-corrected chi connectivity index (χ3v) is 3.37. The number of amides is 2. The van der Waals surface area contributed by atoms with Crippen molar-refractivity contribution in [2.24, 2.45) is 0 Å². The molecule has 4 nitrogen and oxygen atoms in total. The van der Waals surface area contributed by atoms with E-state index >= 15 is 0 Å². The Bertz CT molecular complexity index is 380. The van der Waals surface area contributed by atoms with Gasteiger partial charge in [0.05, 0.1) is 6.04 Å². The molecular weight excluding hydrogens is 214 g/mol. The van der Waals surface area contributed by atoms with Crippen LogP contribution in [0.5, 0.6) is 0 Å². The van der Waals surface area contributed by atoms with E-state index in [4.69, 9.17) is 0 Å². The van der Waals surface area contributed by atoms with E-state index in [2.05, 4.69) is 22.3 Å². The largest absolute Gasteiger partial charge is 0.369 e. The van der Waals surface area contributed by atoms with Gasteiger partial charge in [-0.2, -0.15) is 0 Å². The Morgan fingerprint density at radius 3 is 2.76 bits per heavy atom. The fourth-order valence-corrected chi connectivity index (χ4v) is 2.27. The average molecular weight is 233 g/mol. The third-order valence-electron chi connectivity index (χ3n) is 3.37. The van der Waals surface area contributed by atoms with E-state index < -0.39 is 0 Å². The summed E-state index contributed by atoms with van der Waals surface area (Å²) < 4.78 is 0. The molecule has 0 spiro atoms. The molecule has 2 amide bonds. The van der Waals surface area contributed by atoms with Crippen molar-refractivity contribution < 1.29 is 4.79 Å². The molecule has 1 atom stereocenters. The molecule has 1 heterocycles. The van der Waals surface area contributed by atoms with Gasteiger partial charge in [-0.25, -0.2) is 4.79 Å². The quantitative estimate of drug-likeness (QED) is 0.841. The van der Waals surface area contributed by atoms with Gasteiger partial charge in [-0.3, -0.25) is 0 Å². The fraction of sp³-hybridized carbons (Fsp3) is 0.462. The van der Waals surface area contributed by atoms with E-state index in [1.165, 1.54) is 5.69 Å². The van der Waals surface area contributed by atoms with Crippen molar-refractivity contribution in [3.05, 3.63) is 30.3 Å². The molecule has 1 N–H and O–H groups in total. The van der Waals surface area contributed by atoms with Gasteiger partial charge in [0.2, 0.25) is 0 Å². The first-order valence-corrected chi connectivity index (χ1v) is 5.97. The summed E-state index contributed by atoms with van der Waals surface area (Å²) in [7, 11) is 3.53. The van der Waals surface area contributed by atoms with Crippen LogP contribution in [-0.4, -0.2) is 44.2 Å². The first-order chi connectivity index (χ1) is 8.22. The highest BCUT2D eigenvalue weighted by Crippen LogP contribution is 2.21. The molecular formula is C13H19N3O. The molecule has 1 aromatic carbocycles. The number of benzene rings is 1. The average Bonchev–Trinajstić information content (AvgIpc) is 2.87. The number of anilines is 1. The lowest BCUT2D eigenvalue weighted by Crippen LogP contribution is -2.43. The van der Waals surface area contributed by atoms with E-state index in [0.29, 0.717) is 6.04 Å². The van der Waals surface area contributed by atoms with Crippen molar-refractivity contribution in [3.63, 3.8) is 0 Å². The van der Waals surface area contributed by atoms with Gasteiger partial charge >= 0.3 is 6.03 Å². The zero-order valence-corrected chi connectivity index (χ0v) is 10.4. The second kappa shape index (κ2) is 5.08. The van der Waals surface area contributed by atoms with Crippen molar-refractivity contribution in [1.82, 2.24) is 10.2 Å². The Morgan fingerprint density at radius 2 is 2.12 bits per heavy atom. The molecule has 0 saturated carbocycles. The van der Waals surface area contributed by atoms with Crippen LogP contribution in [0.1, 0.15) is 6.42 Å². The van der Waals surface area contributed by atoms with E-state index in [0.717, 1.165) is 19.5 Å². The van der Waals surface area contributed by atoms with Gasteiger partial charge in [-0.05, 0) is 18.6 Å². The molecule has 1 fully saturated rings. The van der Waals surface area contributed by atoms with Crippen LogP contribution in [0.3, 0.4) is 0 Å². The van der Waals surface area contributed by atoms with Crippen LogP contribution in [0, 0.1) is 0 Å². The summed E-state index contributed by atoms with van der Waals surface area (Å²) >= 11 is 0. The maximum Gasteiger partial charge on any atom is 0.317 e. The Balaban J connectivity index is 1.98. The van der Waals surface area contributed by atoms with E-state index in [1.54, 1.807) is 11.9 Å². The molecule has 0 aromatic heterocycles. The number of hydrogen-bond donors (Lipinski definition) is 1. The molecule has 0 aliphatic carbocycles. The van der Waals surface area contributed by atoms with Gasteiger partial charge in [0, 0.05) is 32.9 Å². The van der Waals surface area contributed by atoms with Gasteiger partial charge in [0.1, 0.15) is 0 Å². The normalized spacial score (nSPS) is 19.2. The Labute approximate surface area is 102 Å². The lowest BCUT2D eigenvalue weighted by molar-refractivity contribution is 0.196. The molecule has 92 valence electrons. The lowest BCUT2D eigenvalue weighted by Gasteiger charge is -2.25. The van der Waals surface area contributed by atoms with Gasteiger partial charge < -0.3 is 15.1 Å².